The average molecular weight is 304 g/mol. The number of carbonyl (C=O) groups excluding carboxylic acids is 1. The predicted octanol–water partition coefficient (Wildman–Crippen LogP) is 1.64. The standard InChI is InChI=1S/C15H16N2O5/c18-12(17-15(13(19)20)6-2-1-3-7-15)9-4-5-11-10(8-9)16-14(21)22-11/h4-5,8H,1-3,6-7H2,(H,16,21)(H,17,18)(H,19,20). The first-order chi connectivity index (χ1) is 10.5. The Labute approximate surface area is 125 Å². The van der Waals surface area contributed by atoms with Gasteiger partial charge in [0.15, 0.2) is 5.58 Å². The van der Waals surface area contributed by atoms with Crippen molar-refractivity contribution < 1.29 is 19.1 Å². The molecule has 1 aliphatic rings. The number of aromatic nitrogens is 1. The smallest absolute Gasteiger partial charge is 0.417 e. The maximum atomic E-state index is 12.4. The van der Waals surface area contributed by atoms with Gasteiger partial charge < -0.3 is 14.8 Å². The van der Waals surface area contributed by atoms with Gasteiger partial charge in [0, 0.05) is 5.56 Å². The van der Waals surface area contributed by atoms with Crippen molar-refractivity contribution in [2.45, 2.75) is 37.6 Å². The van der Waals surface area contributed by atoms with Crippen LogP contribution in [-0.4, -0.2) is 27.5 Å². The van der Waals surface area contributed by atoms with E-state index in [4.69, 9.17) is 4.42 Å². The van der Waals surface area contributed by atoms with Crippen molar-refractivity contribution in [3.05, 3.63) is 34.3 Å². The molecule has 1 saturated carbocycles. The first kappa shape index (κ1) is 14.4. The molecule has 1 aromatic carbocycles. The minimum atomic E-state index is -1.20. The quantitative estimate of drug-likeness (QED) is 0.798. The summed E-state index contributed by atoms with van der Waals surface area (Å²) in [4.78, 5) is 37.6. The Morgan fingerprint density at radius 1 is 1.23 bits per heavy atom. The zero-order valence-corrected chi connectivity index (χ0v) is 11.8. The molecule has 0 unspecified atom stereocenters. The third kappa shape index (κ3) is 2.49. The van der Waals surface area contributed by atoms with Crippen molar-refractivity contribution in [2.24, 2.45) is 0 Å². The molecule has 0 radical (unpaired) electrons. The fraction of sp³-hybridized carbons (Fsp3) is 0.400. The fourth-order valence-electron chi connectivity index (χ4n) is 2.93. The number of aliphatic carboxylic acids is 1. The van der Waals surface area contributed by atoms with Gasteiger partial charge in [-0.25, -0.2) is 9.59 Å². The topological polar surface area (TPSA) is 112 Å². The second-order valence-corrected chi connectivity index (χ2v) is 5.63. The SMILES string of the molecule is O=C(NC1(C(=O)O)CCCCC1)c1ccc2oc(=O)[nH]c2c1. The van der Waals surface area contributed by atoms with Gasteiger partial charge in [0.25, 0.3) is 5.91 Å². The number of nitrogens with one attached hydrogen (secondary N) is 2. The average Bonchev–Trinajstić information content (AvgIpc) is 2.87. The van der Waals surface area contributed by atoms with Crippen LogP contribution in [0.25, 0.3) is 11.1 Å². The lowest BCUT2D eigenvalue weighted by atomic mass is 9.81. The van der Waals surface area contributed by atoms with Gasteiger partial charge in [-0.15, -0.1) is 0 Å². The Bertz CT molecular complexity index is 783. The third-order valence-electron chi connectivity index (χ3n) is 4.15. The van der Waals surface area contributed by atoms with Crippen LogP contribution in [0.3, 0.4) is 0 Å². The van der Waals surface area contributed by atoms with Gasteiger partial charge in [0.2, 0.25) is 0 Å². The lowest BCUT2D eigenvalue weighted by Gasteiger charge is -2.33. The summed E-state index contributed by atoms with van der Waals surface area (Å²) in [5.74, 6) is -2.06. The van der Waals surface area contributed by atoms with E-state index in [1.165, 1.54) is 18.2 Å². The van der Waals surface area contributed by atoms with Crippen molar-refractivity contribution in [1.29, 1.82) is 0 Å². The number of benzene rings is 1. The Morgan fingerprint density at radius 2 is 1.95 bits per heavy atom. The molecule has 22 heavy (non-hydrogen) atoms. The van der Waals surface area contributed by atoms with Crippen LogP contribution in [0.4, 0.5) is 0 Å². The van der Waals surface area contributed by atoms with Crippen LogP contribution < -0.4 is 11.1 Å². The molecule has 0 aliphatic heterocycles. The molecule has 0 bridgehead atoms. The number of rotatable bonds is 3. The van der Waals surface area contributed by atoms with E-state index < -0.39 is 23.2 Å². The first-order valence-corrected chi connectivity index (χ1v) is 7.19. The van der Waals surface area contributed by atoms with Crippen molar-refractivity contribution in [3.63, 3.8) is 0 Å². The normalized spacial score (nSPS) is 17.3. The molecule has 116 valence electrons. The molecule has 1 aliphatic carbocycles. The lowest BCUT2D eigenvalue weighted by Crippen LogP contribution is -2.55. The van der Waals surface area contributed by atoms with Crippen LogP contribution >= 0.6 is 0 Å². The van der Waals surface area contributed by atoms with Crippen molar-refractivity contribution in [1.82, 2.24) is 10.3 Å². The summed E-state index contributed by atoms with van der Waals surface area (Å²) in [6, 6.07) is 4.50. The minimum Gasteiger partial charge on any atom is -0.480 e. The zero-order chi connectivity index (χ0) is 15.7. The molecule has 2 aromatic rings. The van der Waals surface area contributed by atoms with Gasteiger partial charge in [0.05, 0.1) is 5.52 Å². The summed E-state index contributed by atoms with van der Waals surface area (Å²) in [6.45, 7) is 0. The maximum Gasteiger partial charge on any atom is 0.417 e. The molecule has 0 atom stereocenters. The van der Waals surface area contributed by atoms with Crippen molar-refractivity contribution >= 4 is 23.0 Å². The highest BCUT2D eigenvalue weighted by atomic mass is 16.4. The Balaban J connectivity index is 1.87. The minimum absolute atomic E-state index is 0.288. The van der Waals surface area contributed by atoms with Crippen molar-refractivity contribution in [2.75, 3.05) is 0 Å². The summed E-state index contributed by atoms with van der Waals surface area (Å²) in [6.07, 6.45) is 3.40. The maximum absolute atomic E-state index is 12.4. The molecule has 1 amide bonds. The Kier molecular flexibility index (Phi) is 3.48. The Morgan fingerprint density at radius 3 is 2.64 bits per heavy atom. The Hall–Kier alpha value is -2.57. The molecular formula is C15H16N2O5. The molecular weight excluding hydrogens is 288 g/mol. The summed E-state index contributed by atoms with van der Waals surface area (Å²) in [5.41, 5.74) is -0.151. The highest BCUT2D eigenvalue weighted by Crippen LogP contribution is 2.29. The number of carboxylic acid groups (broad SMARTS) is 1. The molecule has 7 heteroatoms. The summed E-state index contributed by atoms with van der Waals surface area (Å²) >= 11 is 0. The number of H-pyrrole nitrogens is 1. The van der Waals surface area contributed by atoms with E-state index in [0.29, 0.717) is 23.9 Å². The lowest BCUT2D eigenvalue weighted by molar-refractivity contribution is -0.145. The van der Waals surface area contributed by atoms with E-state index in [2.05, 4.69) is 10.3 Å². The van der Waals surface area contributed by atoms with E-state index in [0.717, 1.165) is 19.3 Å². The number of carbonyl (C=O) groups is 2. The third-order valence-corrected chi connectivity index (χ3v) is 4.15. The largest absolute Gasteiger partial charge is 0.480 e. The molecule has 7 nitrogen and oxygen atoms in total. The van der Waals surface area contributed by atoms with E-state index in [-0.39, 0.29) is 5.56 Å². The number of carboxylic acids is 1. The summed E-state index contributed by atoms with van der Waals surface area (Å²) in [7, 11) is 0. The monoisotopic (exact) mass is 304 g/mol. The van der Waals surface area contributed by atoms with E-state index in [9.17, 15) is 19.5 Å². The first-order valence-electron chi connectivity index (χ1n) is 7.19. The van der Waals surface area contributed by atoms with Gasteiger partial charge in [0.1, 0.15) is 5.54 Å². The van der Waals surface area contributed by atoms with Crippen LogP contribution in [0, 0.1) is 0 Å². The number of hydrogen-bond donors (Lipinski definition) is 3. The summed E-state index contributed by atoms with van der Waals surface area (Å²) in [5, 5.41) is 12.1. The van der Waals surface area contributed by atoms with Gasteiger partial charge >= 0.3 is 11.7 Å². The number of oxazole rings is 1. The van der Waals surface area contributed by atoms with Crippen LogP contribution in [0.15, 0.2) is 27.4 Å². The second kappa shape index (κ2) is 5.32. The number of fused-ring (bicyclic) bond motifs is 1. The highest BCUT2D eigenvalue weighted by Gasteiger charge is 2.41. The van der Waals surface area contributed by atoms with Crippen molar-refractivity contribution in [3.8, 4) is 0 Å². The van der Waals surface area contributed by atoms with Crippen LogP contribution in [0.2, 0.25) is 0 Å². The van der Waals surface area contributed by atoms with Gasteiger partial charge in [-0.2, -0.15) is 0 Å². The van der Waals surface area contributed by atoms with Crippen LogP contribution in [0.1, 0.15) is 42.5 Å². The van der Waals surface area contributed by atoms with E-state index in [1.807, 2.05) is 0 Å². The van der Waals surface area contributed by atoms with E-state index >= 15 is 0 Å². The highest BCUT2D eigenvalue weighted by molar-refractivity contribution is 5.99. The molecule has 1 fully saturated rings. The molecule has 1 heterocycles. The summed E-state index contributed by atoms with van der Waals surface area (Å²) < 4.78 is 4.87. The second-order valence-electron chi connectivity index (χ2n) is 5.63. The number of amides is 1. The molecule has 0 saturated heterocycles. The van der Waals surface area contributed by atoms with E-state index in [1.54, 1.807) is 0 Å². The molecule has 3 rings (SSSR count). The number of aromatic amines is 1. The van der Waals surface area contributed by atoms with Gasteiger partial charge in [-0.05, 0) is 31.0 Å². The molecule has 1 aromatic heterocycles. The fourth-order valence-corrected chi connectivity index (χ4v) is 2.93. The molecule has 0 spiro atoms. The van der Waals surface area contributed by atoms with Gasteiger partial charge in [-0.1, -0.05) is 19.3 Å². The van der Waals surface area contributed by atoms with Crippen LogP contribution in [0.5, 0.6) is 0 Å². The number of hydrogen-bond acceptors (Lipinski definition) is 4. The molecule has 3 N–H and O–H groups in total. The van der Waals surface area contributed by atoms with Gasteiger partial charge in [-0.3, -0.25) is 9.78 Å². The van der Waals surface area contributed by atoms with Crippen LogP contribution in [-0.2, 0) is 4.79 Å². The predicted molar refractivity (Wildman–Crippen MR) is 77.8 cm³/mol. The zero-order valence-electron chi connectivity index (χ0n) is 11.8.